The first-order chi connectivity index (χ1) is 9.31. The largest absolute Gasteiger partial charge is 0.300 e. The number of Topliss-reactive ketones (excluding diaryl/α,β-unsaturated/α-hetero) is 1. The Hall–Kier alpha value is -1.11. The van der Waals surface area contributed by atoms with E-state index in [0.717, 1.165) is 32.1 Å². The molecule has 0 radical (unpaired) electrons. The maximum atomic E-state index is 11.3. The smallest absolute Gasteiger partial charge is 0.132 e. The molecular formula is C18H30O. The lowest BCUT2D eigenvalue weighted by molar-refractivity contribution is -0.119. The van der Waals surface area contributed by atoms with E-state index in [-0.39, 0.29) is 0 Å². The predicted octanol–water partition coefficient (Wildman–Crippen LogP) is 5.77. The molecule has 0 aliphatic carbocycles. The summed E-state index contributed by atoms with van der Waals surface area (Å²) >= 11 is 0. The minimum Gasteiger partial charge on any atom is -0.300 e. The van der Waals surface area contributed by atoms with Crippen LogP contribution in [0.15, 0.2) is 37.0 Å². The summed E-state index contributed by atoms with van der Waals surface area (Å²) < 4.78 is 0. The molecule has 0 aliphatic heterocycles. The molecule has 0 aliphatic rings. The highest BCUT2D eigenvalue weighted by Crippen LogP contribution is 2.10. The summed E-state index contributed by atoms with van der Waals surface area (Å²) in [4.78, 5) is 11.3. The zero-order valence-corrected chi connectivity index (χ0v) is 12.6. The Balaban J connectivity index is 3.19. The van der Waals surface area contributed by atoms with Gasteiger partial charge in [-0.1, -0.05) is 69.6 Å². The molecule has 0 saturated heterocycles. The fourth-order valence-electron chi connectivity index (χ4n) is 2.01. The molecule has 0 fully saturated rings. The molecule has 0 aromatic heterocycles. The van der Waals surface area contributed by atoms with Crippen LogP contribution in [-0.2, 0) is 4.79 Å². The van der Waals surface area contributed by atoms with Crippen LogP contribution in [0.2, 0.25) is 0 Å². The van der Waals surface area contributed by atoms with E-state index in [2.05, 4.69) is 25.7 Å². The van der Waals surface area contributed by atoms with Crippen molar-refractivity contribution < 1.29 is 4.79 Å². The lowest BCUT2D eigenvalue weighted by atomic mass is 10.1. The fourth-order valence-corrected chi connectivity index (χ4v) is 2.01. The Morgan fingerprint density at radius 3 is 2.26 bits per heavy atom. The number of ketones is 1. The zero-order valence-electron chi connectivity index (χ0n) is 12.6. The van der Waals surface area contributed by atoms with Gasteiger partial charge in [-0.25, -0.2) is 0 Å². The highest BCUT2D eigenvalue weighted by molar-refractivity contribution is 5.78. The van der Waals surface area contributed by atoms with E-state index in [1.807, 2.05) is 12.2 Å². The van der Waals surface area contributed by atoms with Crippen molar-refractivity contribution in [1.82, 2.24) is 0 Å². The van der Waals surface area contributed by atoms with Gasteiger partial charge < -0.3 is 0 Å². The first-order valence-corrected chi connectivity index (χ1v) is 7.77. The average Bonchev–Trinajstić information content (AvgIpc) is 2.40. The Labute approximate surface area is 119 Å². The Bertz CT molecular complexity index is 273. The standard InChI is InChI=1S/C18H30O/c1-3-5-6-7-8-9-10-11-12-13-14-15-17-18(19)16-4-2/h3,5-8H,1,4,9-17H2,2H3/b6-5-,8-7?. The minimum absolute atomic E-state index is 0.445. The van der Waals surface area contributed by atoms with Gasteiger partial charge in [0.1, 0.15) is 5.78 Å². The second-order valence-electron chi connectivity index (χ2n) is 5.00. The molecule has 0 aromatic rings. The molecule has 108 valence electrons. The van der Waals surface area contributed by atoms with Crippen LogP contribution in [0.1, 0.15) is 71.1 Å². The molecule has 1 nitrogen and oxygen atoms in total. The van der Waals surface area contributed by atoms with Crippen molar-refractivity contribution in [2.75, 3.05) is 0 Å². The number of carbonyl (C=O) groups excluding carboxylic acids is 1. The van der Waals surface area contributed by atoms with Crippen LogP contribution in [0.25, 0.3) is 0 Å². The van der Waals surface area contributed by atoms with Gasteiger partial charge in [-0.05, 0) is 25.7 Å². The molecule has 0 unspecified atom stereocenters. The summed E-state index contributed by atoms with van der Waals surface area (Å²) in [6.07, 6.45) is 21.2. The summed E-state index contributed by atoms with van der Waals surface area (Å²) in [5.74, 6) is 0.445. The van der Waals surface area contributed by atoms with Crippen molar-refractivity contribution in [3.05, 3.63) is 37.0 Å². The van der Waals surface area contributed by atoms with E-state index in [0.29, 0.717) is 5.78 Å². The van der Waals surface area contributed by atoms with Crippen LogP contribution in [0, 0.1) is 0 Å². The Morgan fingerprint density at radius 2 is 1.58 bits per heavy atom. The number of hydrogen-bond acceptors (Lipinski definition) is 1. The van der Waals surface area contributed by atoms with Crippen LogP contribution in [0.4, 0.5) is 0 Å². The molecule has 0 aromatic carbocycles. The molecule has 0 N–H and O–H groups in total. The summed E-state index contributed by atoms with van der Waals surface area (Å²) in [6.45, 7) is 5.69. The number of rotatable bonds is 13. The topological polar surface area (TPSA) is 17.1 Å². The predicted molar refractivity (Wildman–Crippen MR) is 85.3 cm³/mol. The molecule has 19 heavy (non-hydrogen) atoms. The molecule has 0 amide bonds. The highest BCUT2D eigenvalue weighted by Gasteiger charge is 1.99. The summed E-state index contributed by atoms with van der Waals surface area (Å²) in [7, 11) is 0. The third-order valence-corrected chi connectivity index (χ3v) is 3.10. The SMILES string of the molecule is C=C/C=C\C=CCCCCCCCCC(=O)CCC. The average molecular weight is 262 g/mol. The normalized spacial score (nSPS) is 11.4. The molecule has 0 saturated carbocycles. The lowest BCUT2D eigenvalue weighted by Crippen LogP contribution is -1.96. The van der Waals surface area contributed by atoms with Gasteiger partial charge in [0, 0.05) is 12.8 Å². The molecule has 0 heterocycles. The van der Waals surface area contributed by atoms with Crippen LogP contribution < -0.4 is 0 Å². The van der Waals surface area contributed by atoms with E-state index < -0.39 is 0 Å². The van der Waals surface area contributed by atoms with Gasteiger partial charge in [-0.3, -0.25) is 4.79 Å². The van der Waals surface area contributed by atoms with E-state index >= 15 is 0 Å². The highest BCUT2D eigenvalue weighted by atomic mass is 16.1. The summed E-state index contributed by atoms with van der Waals surface area (Å²) in [5, 5.41) is 0. The van der Waals surface area contributed by atoms with Crippen LogP contribution in [-0.4, -0.2) is 5.78 Å². The van der Waals surface area contributed by atoms with Crippen molar-refractivity contribution in [1.29, 1.82) is 0 Å². The third kappa shape index (κ3) is 14.8. The van der Waals surface area contributed by atoms with Crippen molar-refractivity contribution in [2.45, 2.75) is 71.1 Å². The lowest BCUT2D eigenvalue weighted by Gasteiger charge is -2.00. The quantitative estimate of drug-likeness (QED) is 0.304. The van der Waals surface area contributed by atoms with Crippen LogP contribution in [0.5, 0.6) is 0 Å². The Morgan fingerprint density at radius 1 is 0.895 bits per heavy atom. The van der Waals surface area contributed by atoms with Gasteiger partial charge in [0.15, 0.2) is 0 Å². The van der Waals surface area contributed by atoms with Gasteiger partial charge in [0.2, 0.25) is 0 Å². The van der Waals surface area contributed by atoms with Crippen LogP contribution in [0.3, 0.4) is 0 Å². The molecular weight excluding hydrogens is 232 g/mol. The van der Waals surface area contributed by atoms with Gasteiger partial charge >= 0.3 is 0 Å². The molecule has 0 rings (SSSR count). The van der Waals surface area contributed by atoms with E-state index in [1.165, 1.54) is 32.1 Å². The van der Waals surface area contributed by atoms with E-state index in [4.69, 9.17) is 0 Å². The molecule has 0 spiro atoms. The van der Waals surface area contributed by atoms with Gasteiger partial charge in [-0.15, -0.1) is 0 Å². The molecule has 1 heteroatoms. The van der Waals surface area contributed by atoms with Crippen molar-refractivity contribution >= 4 is 5.78 Å². The second-order valence-corrected chi connectivity index (χ2v) is 5.00. The van der Waals surface area contributed by atoms with Crippen molar-refractivity contribution in [3.63, 3.8) is 0 Å². The first kappa shape index (κ1) is 17.9. The zero-order chi connectivity index (χ0) is 14.2. The van der Waals surface area contributed by atoms with Crippen molar-refractivity contribution in [2.24, 2.45) is 0 Å². The maximum absolute atomic E-state index is 11.3. The number of hydrogen-bond donors (Lipinski definition) is 0. The van der Waals surface area contributed by atoms with Gasteiger partial charge in [0.05, 0.1) is 0 Å². The van der Waals surface area contributed by atoms with E-state index in [1.54, 1.807) is 6.08 Å². The number of unbranched alkanes of at least 4 members (excludes halogenated alkanes) is 6. The minimum atomic E-state index is 0.445. The number of carbonyl (C=O) groups is 1. The number of allylic oxidation sites excluding steroid dienone is 5. The maximum Gasteiger partial charge on any atom is 0.132 e. The Kier molecular flexibility index (Phi) is 14.1. The molecule has 0 atom stereocenters. The van der Waals surface area contributed by atoms with Crippen LogP contribution >= 0.6 is 0 Å². The van der Waals surface area contributed by atoms with Crippen molar-refractivity contribution in [3.8, 4) is 0 Å². The van der Waals surface area contributed by atoms with Gasteiger partial charge in [-0.2, -0.15) is 0 Å². The second kappa shape index (κ2) is 14.9. The monoisotopic (exact) mass is 262 g/mol. The summed E-state index contributed by atoms with van der Waals surface area (Å²) in [6, 6.07) is 0. The van der Waals surface area contributed by atoms with E-state index in [9.17, 15) is 4.79 Å². The first-order valence-electron chi connectivity index (χ1n) is 7.77. The fraction of sp³-hybridized carbons (Fsp3) is 0.611. The molecule has 0 bridgehead atoms. The van der Waals surface area contributed by atoms with Gasteiger partial charge in [0.25, 0.3) is 0 Å². The third-order valence-electron chi connectivity index (χ3n) is 3.10. The summed E-state index contributed by atoms with van der Waals surface area (Å²) in [5.41, 5.74) is 0.